The van der Waals surface area contributed by atoms with E-state index in [0.717, 1.165) is 11.1 Å². The van der Waals surface area contributed by atoms with E-state index in [1.54, 1.807) is 24.3 Å². The molecule has 0 saturated heterocycles. The lowest BCUT2D eigenvalue weighted by atomic mass is 9.99. The zero-order valence-corrected chi connectivity index (χ0v) is 10.5. The topological polar surface area (TPSA) is 44.5 Å². The molecule has 1 aliphatic heterocycles. The van der Waals surface area contributed by atoms with Gasteiger partial charge in [-0.2, -0.15) is 0 Å². The Hall–Kier alpha value is -2.07. The smallest absolute Gasteiger partial charge is 0.231 e. The molecular weight excluding hydrogens is 245 g/mol. The summed E-state index contributed by atoms with van der Waals surface area (Å²) < 4.78 is 24.5. The van der Waals surface area contributed by atoms with Crippen molar-refractivity contribution < 1.29 is 13.9 Å². The Bertz CT molecular complexity index is 626. The van der Waals surface area contributed by atoms with Crippen LogP contribution < -0.4 is 15.2 Å². The average molecular weight is 259 g/mol. The molecule has 1 aliphatic rings. The number of hydrogen-bond acceptors (Lipinski definition) is 3. The van der Waals surface area contributed by atoms with E-state index in [0.29, 0.717) is 17.1 Å². The van der Waals surface area contributed by atoms with Crippen molar-refractivity contribution in [2.45, 2.75) is 13.0 Å². The second-order valence-electron chi connectivity index (χ2n) is 4.60. The fraction of sp³-hybridized carbons (Fsp3) is 0.200. The number of nitrogens with two attached hydrogens (primary N) is 1. The molecule has 4 heteroatoms. The van der Waals surface area contributed by atoms with Crippen molar-refractivity contribution >= 4 is 0 Å². The Morgan fingerprint density at radius 3 is 2.68 bits per heavy atom. The first-order valence-corrected chi connectivity index (χ1v) is 6.10. The summed E-state index contributed by atoms with van der Waals surface area (Å²) >= 11 is 0. The van der Waals surface area contributed by atoms with Crippen LogP contribution in [0.1, 0.15) is 18.5 Å². The zero-order valence-electron chi connectivity index (χ0n) is 10.5. The molecular formula is C15H14FNO2. The number of rotatable bonds is 2. The van der Waals surface area contributed by atoms with Crippen molar-refractivity contribution in [3.8, 4) is 22.6 Å². The fourth-order valence-corrected chi connectivity index (χ4v) is 2.11. The van der Waals surface area contributed by atoms with Crippen LogP contribution in [-0.2, 0) is 0 Å². The molecule has 19 heavy (non-hydrogen) atoms. The van der Waals surface area contributed by atoms with Crippen LogP contribution in [0.2, 0.25) is 0 Å². The molecule has 1 heterocycles. The summed E-state index contributed by atoms with van der Waals surface area (Å²) in [5.41, 5.74) is 8.01. The molecule has 3 nitrogen and oxygen atoms in total. The first-order valence-electron chi connectivity index (χ1n) is 6.10. The van der Waals surface area contributed by atoms with Gasteiger partial charge in [-0.1, -0.05) is 12.1 Å². The highest BCUT2D eigenvalue weighted by Gasteiger charge is 2.16. The Labute approximate surface area is 110 Å². The Balaban J connectivity index is 2.08. The first-order chi connectivity index (χ1) is 9.15. The Kier molecular flexibility index (Phi) is 2.87. The third kappa shape index (κ3) is 2.15. The maximum Gasteiger partial charge on any atom is 0.231 e. The molecule has 0 amide bonds. The summed E-state index contributed by atoms with van der Waals surface area (Å²) in [6.07, 6.45) is 0. The van der Waals surface area contributed by atoms with Crippen LogP contribution in [0.25, 0.3) is 11.1 Å². The van der Waals surface area contributed by atoms with Gasteiger partial charge in [-0.25, -0.2) is 4.39 Å². The lowest BCUT2D eigenvalue weighted by molar-refractivity contribution is 0.174. The Morgan fingerprint density at radius 2 is 1.89 bits per heavy atom. The molecule has 2 aromatic carbocycles. The predicted molar refractivity (Wildman–Crippen MR) is 70.6 cm³/mol. The maximum absolute atomic E-state index is 14.0. The first kappa shape index (κ1) is 12.0. The van der Waals surface area contributed by atoms with Crippen molar-refractivity contribution in [1.82, 2.24) is 0 Å². The second kappa shape index (κ2) is 4.55. The highest BCUT2D eigenvalue weighted by atomic mass is 19.1. The van der Waals surface area contributed by atoms with Crippen molar-refractivity contribution in [3.05, 3.63) is 47.8 Å². The van der Waals surface area contributed by atoms with Crippen LogP contribution in [-0.4, -0.2) is 6.79 Å². The van der Waals surface area contributed by atoms with Gasteiger partial charge >= 0.3 is 0 Å². The quantitative estimate of drug-likeness (QED) is 0.900. The van der Waals surface area contributed by atoms with Gasteiger partial charge in [0.1, 0.15) is 5.82 Å². The lowest BCUT2D eigenvalue weighted by Gasteiger charge is -2.10. The average Bonchev–Trinajstić information content (AvgIpc) is 2.86. The molecule has 1 atom stereocenters. The lowest BCUT2D eigenvalue weighted by Crippen LogP contribution is -2.05. The van der Waals surface area contributed by atoms with Gasteiger partial charge in [0, 0.05) is 11.6 Å². The summed E-state index contributed by atoms with van der Waals surface area (Å²) in [5.74, 6) is 1.05. The van der Waals surface area contributed by atoms with E-state index in [1.807, 2.05) is 13.0 Å². The number of halogens is 1. The monoisotopic (exact) mass is 259 g/mol. The molecule has 0 aliphatic carbocycles. The van der Waals surface area contributed by atoms with Gasteiger partial charge in [0.2, 0.25) is 6.79 Å². The minimum Gasteiger partial charge on any atom is -0.454 e. The van der Waals surface area contributed by atoms with E-state index < -0.39 is 0 Å². The highest BCUT2D eigenvalue weighted by Crippen LogP contribution is 2.37. The van der Waals surface area contributed by atoms with Crippen molar-refractivity contribution in [3.63, 3.8) is 0 Å². The van der Waals surface area contributed by atoms with Crippen molar-refractivity contribution in [1.29, 1.82) is 0 Å². The zero-order chi connectivity index (χ0) is 13.4. The molecule has 0 radical (unpaired) electrons. The van der Waals surface area contributed by atoms with E-state index in [-0.39, 0.29) is 18.7 Å². The summed E-state index contributed by atoms with van der Waals surface area (Å²) in [6, 6.07) is 10.2. The SMILES string of the molecule is CC(N)c1ccc(F)c(-c2ccc3c(c2)OCO3)c1. The normalized spacial score (nSPS) is 14.5. The van der Waals surface area contributed by atoms with E-state index >= 15 is 0 Å². The van der Waals surface area contributed by atoms with E-state index in [2.05, 4.69) is 0 Å². The number of ether oxygens (including phenoxy) is 2. The van der Waals surface area contributed by atoms with E-state index in [1.165, 1.54) is 6.07 Å². The van der Waals surface area contributed by atoms with Crippen molar-refractivity contribution in [2.75, 3.05) is 6.79 Å². The summed E-state index contributed by atoms with van der Waals surface area (Å²) in [4.78, 5) is 0. The fourth-order valence-electron chi connectivity index (χ4n) is 2.11. The maximum atomic E-state index is 14.0. The molecule has 0 aromatic heterocycles. The number of benzene rings is 2. The van der Waals surface area contributed by atoms with E-state index in [4.69, 9.17) is 15.2 Å². The molecule has 2 N–H and O–H groups in total. The minimum absolute atomic E-state index is 0.131. The summed E-state index contributed by atoms with van der Waals surface area (Å²) in [5, 5.41) is 0. The minimum atomic E-state index is -0.275. The largest absolute Gasteiger partial charge is 0.454 e. The van der Waals surface area contributed by atoms with Crippen LogP contribution in [0.4, 0.5) is 4.39 Å². The standard InChI is InChI=1S/C15H14FNO2/c1-9(17)10-2-4-13(16)12(6-10)11-3-5-14-15(7-11)19-8-18-14/h2-7,9H,8,17H2,1H3. The third-order valence-electron chi connectivity index (χ3n) is 3.20. The van der Waals surface area contributed by atoms with Crippen LogP contribution in [0.15, 0.2) is 36.4 Å². The number of fused-ring (bicyclic) bond motifs is 1. The third-order valence-corrected chi connectivity index (χ3v) is 3.20. The van der Waals surface area contributed by atoms with Crippen LogP contribution in [0.3, 0.4) is 0 Å². The molecule has 0 bridgehead atoms. The van der Waals surface area contributed by atoms with Gasteiger partial charge in [-0.05, 0) is 42.3 Å². The molecule has 2 aromatic rings. The van der Waals surface area contributed by atoms with Crippen LogP contribution in [0.5, 0.6) is 11.5 Å². The van der Waals surface area contributed by atoms with Gasteiger partial charge in [0.15, 0.2) is 11.5 Å². The molecule has 0 saturated carbocycles. The summed E-state index contributed by atoms with van der Waals surface area (Å²) in [6.45, 7) is 2.08. The van der Waals surface area contributed by atoms with Crippen LogP contribution in [0, 0.1) is 5.82 Å². The van der Waals surface area contributed by atoms with Gasteiger partial charge in [0.25, 0.3) is 0 Å². The van der Waals surface area contributed by atoms with Gasteiger partial charge in [-0.15, -0.1) is 0 Å². The molecule has 0 spiro atoms. The number of hydrogen-bond donors (Lipinski definition) is 1. The predicted octanol–water partition coefficient (Wildman–Crippen LogP) is 3.24. The van der Waals surface area contributed by atoms with Gasteiger partial charge < -0.3 is 15.2 Å². The molecule has 1 unspecified atom stereocenters. The molecule has 98 valence electrons. The van der Waals surface area contributed by atoms with Crippen molar-refractivity contribution in [2.24, 2.45) is 5.73 Å². The van der Waals surface area contributed by atoms with Gasteiger partial charge in [0.05, 0.1) is 0 Å². The highest BCUT2D eigenvalue weighted by molar-refractivity contribution is 5.68. The van der Waals surface area contributed by atoms with Gasteiger partial charge in [-0.3, -0.25) is 0 Å². The Morgan fingerprint density at radius 1 is 1.11 bits per heavy atom. The second-order valence-corrected chi connectivity index (χ2v) is 4.60. The summed E-state index contributed by atoms with van der Waals surface area (Å²) in [7, 11) is 0. The molecule has 0 fully saturated rings. The van der Waals surface area contributed by atoms with E-state index in [9.17, 15) is 4.39 Å². The van der Waals surface area contributed by atoms with Crippen LogP contribution >= 0.6 is 0 Å². The molecule has 3 rings (SSSR count).